The Morgan fingerprint density at radius 1 is 1.13 bits per heavy atom. The molecular weight excluding hydrogens is 412 g/mol. The molecule has 0 radical (unpaired) electrons. The molecule has 160 valence electrons. The fraction of sp³-hybridized carbons (Fsp3) is 0.304. The van der Waals surface area contributed by atoms with Gasteiger partial charge in [0.25, 0.3) is 11.8 Å². The van der Waals surface area contributed by atoms with Crippen LogP contribution >= 0.6 is 11.3 Å². The second kappa shape index (κ2) is 7.86. The molecule has 2 N–H and O–H groups in total. The predicted molar refractivity (Wildman–Crippen MR) is 120 cm³/mol. The lowest BCUT2D eigenvalue weighted by molar-refractivity contribution is -0.0369. The average Bonchev–Trinajstić information content (AvgIpc) is 3.48. The molecule has 31 heavy (non-hydrogen) atoms. The highest BCUT2D eigenvalue weighted by atomic mass is 32.1. The number of nitrogens with zero attached hydrogens (tertiary/aromatic N) is 3. The number of carbonyl (C=O) groups excluding carboxylic acids is 2. The lowest BCUT2D eigenvalue weighted by Crippen LogP contribution is -2.56. The molecule has 1 fully saturated rings. The minimum atomic E-state index is -0.999. The normalized spacial score (nSPS) is 17.9. The number of piperidine rings is 1. The number of thiophene rings is 1. The Kier molecular flexibility index (Phi) is 5.03. The first-order valence-corrected chi connectivity index (χ1v) is 11.3. The number of fused-ring (bicyclic) bond motifs is 1. The molecule has 1 saturated heterocycles. The quantitative estimate of drug-likeness (QED) is 0.659. The number of β-amino-alcohol motifs (C(OH)–C–C–N with tert-alkyl or cyclic N) is 1. The molecule has 2 aromatic heterocycles. The zero-order valence-electron chi connectivity index (χ0n) is 17.0. The minimum Gasteiger partial charge on any atom is -0.388 e. The molecule has 2 aliphatic heterocycles. The van der Waals surface area contributed by atoms with Gasteiger partial charge in [-0.15, -0.1) is 0 Å². The third kappa shape index (κ3) is 3.84. The molecule has 5 rings (SSSR count). The lowest BCUT2D eigenvalue weighted by atomic mass is 9.90. The lowest BCUT2D eigenvalue weighted by Gasteiger charge is -2.42. The Labute approximate surface area is 184 Å². The maximum Gasteiger partial charge on any atom is 0.273 e. The summed E-state index contributed by atoms with van der Waals surface area (Å²) in [5, 5.41) is 15.2. The number of hydrogen-bond donors (Lipinski definition) is 2. The standard InChI is InChI=1S/C23H24N4O3S/c28-21(18-4-1-3-17(13-18)19-6-12-31-14-19)25-10-7-23(30,8-11-25)15-26-16-24-27-9-2-5-20(27)22(26)29/h1-6,9,12-14,24,30H,7-8,10-11,15-16H2. The summed E-state index contributed by atoms with van der Waals surface area (Å²) in [7, 11) is 0. The highest BCUT2D eigenvalue weighted by Gasteiger charge is 2.38. The van der Waals surface area contributed by atoms with Crippen molar-refractivity contribution in [3.8, 4) is 11.1 Å². The van der Waals surface area contributed by atoms with E-state index in [-0.39, 0.29) is 18.4 Å². The molecule has 1 aromatic carbocycles. The maximum absolute atomic E-state index is 13.1. The van der Waals surface area contributed by atoms with Gasteiger partial charge in [-0.1, -0.05) is 12.1 Å². The van der Waals surface area contributed by atoms with Crippen LogP contribution in [-0.4, -0.2) is 63.3 Å². The number of nitrogens with one attached hydrogen (secondary N) is 1. The van der Waals surface area contributed by atoms with E-state index in [1.165, 1.54) is 0 Å². The fourth-order valence-electron chi connectivity index (χ4n) is 4.30. The van der Waals surface area contributed by atoms with Crippen molar-refractivity contribution < 1.29 is 14.7 Å². The molecule has 7 nitrogen and oxygen atoms in total. The van der Waals surface area contributed by atoms with Gasteiger partial charge in [0.15, 0.2) is 0 Å². The summed E-state index contributed by atoms with van der Waals surface area (Å²) in [6, 6.07) is 13.3. The van der Waals surface area contributed by atoms with Gasteiger partial charge in [-0.25, -0.2) is 0 Å². The van der Waals surface area contributed by atoms with Crippen LogP contribution in [0.3, 0.4) is 0 Å². The van der Waals surface area contributed by atoms with Crippen molar-refractivity contribution in [1.82, 2.24) is 14.5 Å². The summed E-state index contributed by atoms with van der Waals surface area (Å²) in [6.45, 7) is 1.52. The summed E-state index contributed by atoms with van der Waals surface area (Å²) in [6.07, 6.45) is 2.68. The Morgan fingerprint density at radius 3 is 2.74 bits per heavy atom. The van der Waals surface area contributed by atoms with Gasteiger partial charge in [-0.05, 0) is 65.1 Å². The Balaban J connectivity index is 1.23. The van der Waals surface area contributed by atoms with Gasteiger partial charge in [0.1, 0.15) is 12.4 Å². The van der Waals surface area contributed by atoms with Crippen molar-refractivity contribution in [3.05, 3.63) is 70.7 Å². The summed E-state index contributed by atoms with van der Waals surface area (Å²) >= 11 is 1.63. The molecule has 8 heteroatoms. The van der Waals surface area contributed by atoms with E-state index in [2.05, 4.69) is 10.8 Å². The van der Waals surface area contributed by atoms with Crippen LogP contribution in [0.5, 0.6) is 0 Å². The molecule has 0 aliphatic carbocycles. The summed E-state index contributed by atoms with van der Waals surface area (Å²) < 4.78 is 1.70. The van der Waals surface area contributed by atoms with Crippen molar-refractivity contribution in [2.24, 2.45) is 0 Å². The van der Waals surface area contributed by atoms with E-state index < -0.39 is 5.60 Å². The molecule has 2 amide bonds. The first kappa shape index (κ1) is 19.8. The van der Waals surface area contributed by atoms with Crippen molar-refractivity contribution in [2.45, 2.75) is 18.4 Å². The molecule has 3 aromatic rings. The van der Waals surface area contributed by atoms with E-state index in [0.29, 0.717) is 43.9 Å². The van der Waals surface area contributed by atoms with Gasteiger partial charge in [0.2, 0.25) is 0 Å². The Bertz CT molecular complexity index is 1100. The van der Waals surface area contributed by atoms with Gasteiger partial charge in [-0.3, -0.25) is 14.3 Å². The van der Waals surface area contributed by atoms with Crippen LogP contribution in [0.1, 0.15) is 33.7 Å². The number of amides is 2. The van der Waals surface area contributed by atoms with Crippen molar-refractivity contribution >= 4 is 23.2 Å². The van der Waals surface area contributed by atoms with E-state index in [0.717, 1.165) is 11.1 Å². The van der Waals surface area contributed by atoms with E-state index in [1.54, 1.807) is 38.1 Å². The van der Waals surface area contributed by atoms with Gasteiger partial charge in [-0.2, -0.15) is 11.3 Å². The van der Waals surface area contributed by atoms with Crippen molar-refractivity contribution in [2.75, 3.05) is 31.7 Å². The summed E-state index contributed by atoms with van der Waals surface area (Å²) in [4.78, 5) is 29.2. The van der Waals surface area contributed by atoms with Gasteiger partial charge in [0, 0.05) is 24.8 Å². The topological polar surface area (TPSA) is 77.8 Å². The molecule has 0 atom stereocenters. The highest BCUT2D eigenvalue weighted by molar-refractivity contribution is 7.08. The van der Waals surface area contributed by atoms with E-state index in [9.17, 15) is 14.7 Å². The van der Waals surface area contributed by atoms with Crippen molar-refractivity contribution in [1.29, 1.82) is 0 Å². The third-order valence-electron chi connectivity index (χ3n) is 6.12. The number of benzene rings is 1. The maximum atomic E-state index is 13.1. The number of likely N-dealkylation sites (tertiary alicyclic amines) is 1. The first-order chi connectivity index (χ1) is 15.0. The first-order valence-electron chi connectivity index (χ1n) is 10.4. The summed E-state index contributed by atoms with van der Waals surface area (Å²) in [5.74, 6) is -0.117. The number of carbonyl (C=O) groups is 2. The molecule has 2 aliphatic rings. The Hall–Kier alpha value is -3.10. The van der Waals surface area contributed by atoms with Crippen LogP contribution in [0.4, 0.5) is 0 Å². The molecule has 0 spiro atoms. The summed E-state index contributed by atoms with van der Waals surface area (Å²) in [5.41, 5.74) is 5.50. The van der Waals surface area contributed by atoms with Crippen LogP contribution in [-0.2, 0) is 0 Å². The van der Waals surface area contributed by atoms with Gasteiger partial charge >= 0.3 is 0 Å². The van der Waals surface area contributed by atoms with Crippen LogP contribution in [0.25, 0.3) is 11.1 Å². The van der Waals surface area contributed by atoms with Crippen molar-refractivity contribution in [3.63, 3.8) is 0 Å². The molecule has 0 bridgehead atoms. The smallest absolute Gasteiger partial charge is 0.273 e. The SMILES string of the molecule is O=C(c1cccc(-c2ccsc2)c1)N1CCC(O)(CN2CNn3cccc3C2=O)CC1. The highest BCUT2D eigenvalue weighted by Crippen LogP contribution is 2.27. The largest absolute Gasteiger partial charge is 0.388 e. The zero-order valence-corrected chi connectivity index (χ0v) is 17.8. The number of hydrogen-bond acceptors (Lipinski definition) is 5. The average molecular weight is 437 g/mol. The number of aromatic nitrogens is 1. The minimum absolute atomic E-state index is 0.0207. The predicted octanol–water partition coefficient (Wildman–Crippen LogP) is 2.84. The third-order valence-corrected chi connectivity index (χ3v) is 6.80. The number of rotatable bonds is 4. The van der Waals surface area contributed by atoms with E-state index >= 15 is 0 Å². The fourth-order valence-corrected chi connectivity index (χ4v) is 4.96. The monoisotopic (exact) mass is 436 g/mol. The van der Waals surface area contributed by atoms with Crippen LogP contribution in [0.2, 0.25) is 0 Å². The second-order valence-electron chi connectivity index (χ2n) is 8.19. The van der Waals surface area contributed by atoms with Crippen LogP contribution in [0, 0.1) is 0 Å². The molecular formula is C23H24N4O3S. The molecule has 0 saturated carbocycles. The molecule has 4 heterocycles. The van der Waals surface area contributed by atoms with Gasteiger partial charge < -0.3 is 20.3 Å². The van der Waals surface area contributed by atoms with Crippen LogP contribution < -0.4 is 5.43 Å². The number of aliphatic hydroxyl groups is 1. The van der Waals surface area contributed by atoms with Gasteiger partial charge in [0.05, 0.1) is 12.1 Å². The van der Waals surface area contributed by atoms with Crippen LogP contribution in [0.15, 0.2) is 59.4 Å². The van der Waals surface area contributed by atoms with E-state index in [4.69, 9.17) is 0 Å². The second-order valence-corrected chi connectivity index (χ2v) is 8.97. The zero-order chi connectivity index (χ0) is 21.4. The van der Waals surface area contributed by atoms with E-state index in [1.807, 2.05) is 41.8 Å². The molecule has 0 unspecified atom stereocenters. The Morgan fingerprint density at radius 2 is 1.97 bits per heavy atom.